The van der Waals surface area contributed by atoms with Gasteiger partial charge in [0.15, 0.2) is 9.84 Å². The number of unbranched alkanes of at least 4 members (excludes halogenated alkanes) is 1. The molecule has 0 bridgehead atoms. The molecule has 0 unspecified atom stereocenters. The Bertz CT molecular complexity index is 522. The summed E-state index contributed by atoms with van der Waals surface area (Å²) in [6, 6.07) is 0. The Morgan fingerprint density at radius 2 is 1.88 bits per heavy atom. The van der Waals surface area contributed by atoms with Gasteiger partial charge in [0.25, 0.3) is 0 Å². The van der Waals surface area contributed by atoms with E-state index in [4.69, 9.17) is 5.73 Å². The Kier molecular flexibility index (Phi) is 4.14. The van der Waals surface area contributed by atoms with Crippen LogP contribution in [0.1, 0.15) is 36.6 Å². The first-order valence-electron chi connectivity index (χ1n) is 5.74. The van der Waals surface area contributed by atoms with E-state index in [-0.39, 0.29) is 10.7 Å². The molecule has 0 aliphatic carbocycles. The molecule has 17 heavy (non-hydrogen) atoms. The van der Waals surface area contributed by atoms with E-state index in [0.29, 0.717) is 0 Å². The first-order valence-corrected chi connectivity index (χ1v) is 7.63. The molecule has 0 aliphatic rings. The van der Waals surface area contributed by atoms with Crippen LogP contribution in [0.3, 0.4) is 0 Å². The average Bonchev–Trinajstić information content (AvgIpc) is 2.14. The highest BCUT2D eigenvalue weighted by molar-refractivity contribution is 7.91. The van der Waals surface area contributed by atoms with Crippen molar-refractivity contribution in [1.82, 2.24) is 4.98 Å². The molecule has 0 radical (unpaired) electrons. The lowest BCUT2D eigenvalue weighted by Crippen LogP contribution is -2.11. The van der Waals surface area contributed by atoms with Gasteiger partial charge in [-0.3, -0.25) is 0 Å². The number of hydrogen-bond donors (Lipinski definition) is 1. The highest BCUT2D eigenvalue weighted by Gasteiger charge is 2.20. The highest BCUT2D eigenvalue weighted by atomic mass is 32.2. The van der Waals surface area contributed by atoms with Crippen LogP contribution in [0.25, 0.3) is 0 Å². The number of aromatic nitrogens is 1. The number of nitrogens with two attached hydrogens (primary N) is 1. The van der Waals surface area contributed by atoms with Gasteiger partial charge >= 0.3 is 0 Å². The second-order valence-corrected chi connectivity index (χ2v) is 6.34. The van der Waals surface area contributed by atoms with Gasteiger partial charge in [-0.05, 0) is 37.8 Å². The molecule has 0 saturated heterocycles. The van der Waals surface area contributed by atoms with Crippen LogP contribution in [-0.4, -0.2) is 19.7 Å². The molecule has 2 N–H and O–H groups in total. The maximum absolute atomic E-state index is 11.7. The zero-order valence-corrected chi connectivity index (χ0v) is 11.7. The Balaban J connectivity index is 3.43. The van der Waals surface area contributed by atoms with Crippen LogP contribution in [0.15, 0.2) is 4.90 Å². The van der Waals surface area contributed by atoms with Gasteiger partial charge in [-0.2, -0.15) is 0 Å². The number of pyridine rings is 1. The summed E-state index contributed by atoms with van der Waals surface area (Å²) in [7, 11) is -3.32. The van der Waals surface area contributed by atoms with Crippen LogP contribution in [0, 0.1) is 13.8 Å². The molecule has 1 aromatic heterocycles. The summed E-state index contributed by atoms with van der Waals surface area (Å²) in [5, 5.41) is 0. The quantitative estimate of drug-likeness (QED) is 0.894. The van der Waals surface area contributed by atoms with Gasteiger partial charge in [-0.25, -0.2) is 13.4 Å². The maximum Gasteiger partial charge on any atom is 0.179 e. The van der Waals surface area contributed by atoms with Crippen molar-refractivity contribution >= 4 is 15.7 Å². The van der Waals surface area contributed by atoms with Crippen LogP contribution in [0.2, 0.25) is 0 Å². The molecule has 1 rings (SSSR count). The van der Waals surface area contributed by atoms with Gasteiger partial charge in [0.2, 0.25) is 0 Å². The smallest absolute Gasteiger partial charge is 0.179 e. The fourth-order valence-corrected chi connectivity index (χ4v) is 3.19. The van der Waals surface area contributed by atoms with Crippen LogP contribution in [0.4, 0.5) is 5.82 Å². The molecule has 0 spiro atoms. The number of anilines is 1. The summed E-state index contributed by atoms with van der Waals surface area (Å²) in [5.74, 6) is 0.114. The molecular weight excluding hydrogens is 236 g/mol. The molecule has 0 amide bonds. The Morgan fingerprint density at radius 1 is 1.29 bits per heavy atom. The summed E-state index contributed by atoms with van der Waals surface area (Å²) in [5.41, 5.74) is 8.32. The normalized spacial score (nSPS) is 11.8. The lowest BCUT2D eigenvalue weighted by molar-refractivity contribution is 0.601. The SMILES string of the molecule is CCCCc1c(C)nc(N)c(S(C)(=O)=O)c1C. The topological polar surface area (TPSA) is 73.0 Å². The number of sulfone groups is 1. The van der Waals surface area contributed by atoms with E-state index < -0.39 is 9.84 Å². The Morgan fingerprint density at radius 3 is 2.35 bits per heavy atom. The second kappa shape index (κ2) is 5.04. The predicted octanol–water partition coefficient (Wildman–Crippen LogP) is 2.03. The largest absolute Gasteiger partial charge is 0.383 e. The minimum Gasteiger partial charge on any atom is -0.383 e. The van der Waals surface area contributed by atoms with Crippen molar-refractivity contribution in [3.63, 3.8) is 0 Å². The van der Waals surface area contributed by atoms with Crippen LogP contribution < -0.4 is 5.73 Å². The molecule has 0 atom stereocenters. The van der Waals surface area contributed by atoms with Crippen molar-refractivity contribution in [3.8, 4) is 0 Å². The molecule has 0 aromatic carbocycles. The van der Waals surface area contributed by atoms with Gasteiger partial charge in [0.1, 0.15) is 10.7 Å². The third-order valence-electron chi connectivity index (χ3n) is 2.90. The predicted molar refractivity (Wildman–Crippen MR) is 69.8 cm³/mol. The van der Waals surface area contributed by atoms with Crippen molar-refractivity contribution in [1.29, 1.82) is 0 Å². The molecule has 1 heterocycles. The zero-order chi connectivity index (χ0) is 13.2. The summed E-state index contributed by atoms with van der Waals surface area (Å²) in [6.07, 6.45) is 4.12. The van der Waals surface area contributed by atoms with Gasteiger partial charge < -0.3 is 5.73 Å². The van der Waals surface area contributed by atoms with E-state index in [1.807, 2.05) is 13.8 Å². The Labute approximate surface area is 103 Å². The Hall–Kier alpha value is -1.10. The summed E-state index contributed by atoms with van der Waals surface area (Å²) in [4.78, 5) is 4.34. The zero-order valence-electron chi connectivity index (χ0n) is 10.9. The van der Waals surface area contributed by atoms with Crippen molar-refractivity contribution in [2.75, 3.05) is 12.0 Å². The second-order valence-electron chi connectivity index (χ2n) is 4.39. The van der Waals surface area contributed by atoms with E-state index in [1.165, 1.54) is 6.26 Å². The first-order chi connectivity index (χ1) is 7.79. The minimum atomic E-state index is -3.32. The molecule has 5 heteroatoms. The van der Waals surface area contributed by atoms with Gasteiger partial charge in [0.05, 0.1) is 0 Å². The van der Waals surface area contributed by atoms with E-state index >= 15 is 0 Å². The molecule has 4 nitrogen and oxygen atoms in total. The summed E-state index contributed by atoms with van der Waals surface area (Å²) >= 11 is 0. The van der Waals surface area contributed by atoms with Gasteiger partial charge in [-0.15, -0.1) is 0 Å². The van der Waals surface area contributed by atoms with Crippen LogP contribution >= 0.6 is 0 Å². The molecule has 1 aromatic rings. The number of hydrogen-bond acceptors (Lipinski definition) is 4. The van der Waals surface area contributed by atoms with Crippen LogP contribution in [0.5, 0.6) is 0 Å². The van der Waals surface area contributed by atoms with Gasteiger partial charge in [0, 0.05) is 11.9 Å². The molecule has 0 fully saturated rings. The first kappa shape index (κ1) is 14.0. The standard InChI is InChI=1S/C12H20N2O2S/c1-5-6-7-10-8(2)11(17(4,15)16)12(13)14-9(10)3/h5-7H2,1-4H3,(H2,13,14). The number of nitrogens with zero attached hydrogens (tertiary/aromatic N) is 1. The number of aryl methyl sites for hydroxylation is 1. The number of nitrogen functional groups attached to an aromatic ring is 1. The molecular formula is C12H20N2O2S. The molecule has 96 valence electrons. The lowest BCUT2D eigenvalue weighted by Gasteiger charge is -2.14. The third kappa shape index (κ3) is 2.97. The van der Waals surface area contributed by atoms with E-state index in [1.54, 1.807) is 0 Å². The summed E-state index contributed by atoms with van der Waals surface area (Å²) < 4.78 is 23.4. The molecule has 0 saturated carbocycles. The molecule has 0 aliphatic heterocycles. The van der Waals surface area contributed by atoms with E-state index in [0.717, 1.165) is 36.1 Å². The highest BCUT2D eigenvalue weighted by Crippen LogP contribution is 2.26. The summed E-state index contributed by atoms with van der Waals surface area (Å²) in [6.45, 7) is 5.79. The van der Waals surface area contributed by atoms with Crippen molar-refractivity contribution < 1.29 is 8.42 Å². The van der Waals surface area contributed by atoms with Crippen molar-refractivity contribution in [2.45, 2.75) is 44.9 Å². The minimum absolute atomic E-state index is 0.114. The fourth-order valence-electron chi connectivity index (χ4n) is 2.09. The lowest BCUT2D eigenvalue weighted by atomic mass is 10.0. The van der Waals surface area contributed by atoms with E-state index in [2.05, 4.69) is 11.9 Å². The third-order valence-corrected chi connectivity index (χ3v) is 4.16. The van der Waals surface area contributed by atoms with E-state index in [9.17, 15) is 8.42 Å². The van der Waals surface area contributed by atoms with Crippen LogP contribution in [-0.2, 0) is 16.3 Å². The fraction of sp³-hybridized carbons (Fsp3) is 0.583. The number of rotatable bonds is 4. The van der Waals surface area contributed by atoms with Crippen molar-refractivity contribution in [2.24, 2.45) is 0 Å². The average molecular weight is 256 g/mol. The van der Waals surface area contributed by atoms with Crippen molar-refractivity contribution in [3.05, 3.63) is 16.8 Å². The van der Waals surface area contributed by atoms with Gasteiger partial charge in [-0.1, -0.05) is 13.3 Å². The monoisotopic (exact) mass is 256 g/mol. The maximum atomic E-state index is 11.7.